The monoisotopic (exact) mass is 405 g/mol. The van der Waals surface area contributed by atoms with E-state index < -0.39 is 0 Å². The predicted octanol–water partition coefficient (Wildman–Crippen LogP) is 3.76. The number of rotatable bonds is 6. The van der Waals surface area contributed by atoms with E-state index in [2.05, 4.69) is 31.4 Å². The van der Waals surface area contributed by atoms with Gasteiger partial charge >= 0.3 is 0 Å². The Morgan fingerprint density at radius 3 is 2.25 bits per heavy atom. The first-order valence-electron chi connectivity index (χ1n) is 8.83. The second kappa shape index (κ2) is 9.99. The molecule has 4 N–H and O–H groups in total. The van der Waals surface area contributed by atoms with Crippen LogP contribution in [-0.2, 0) is 10.2 Å². The van der Waals surface area contributed by atoms with Gasteiger partial charge in [-0.2, -0.15) is 0 Å². The number of amides is 2. The van der Waals surface area contributed by atoms with Crippen LogP contribution in [-0.4, -0.2) is 25.5 Å². The highest BCUT2D eigenvalue weighted by atomic mass is 35.5. The van der Waals surface area contributed by atoms with Crippen molar-refractivity contribution in [3.63, 3.8) is 0 Å². The quantitative estimate of drug-likeness (QED) is 0.638. The van der Waals surface area contributed by atoms with Gasteiger partial charge < -0.3 is 21.1 Å². The molecular weight excluding hydrogens is 378 g/mol. The lowest BCUT2D eigenvalue weighted by atomic mass is 9.87. The van der Waals surface area contributed by atoms with Crippen LogP contribution in [0.15, 0.2) is 42.5 Å². The molecule has 0 fully saturated rings. The zero-order chi connectivity index (χ0) is 20.0. The number of benzene rings is 2. The highest BCUT2D eigenvalue weighted by Gasteiger charge is 2.14. The largest absolute Gasteiger partial charge is 0.495 e. The molecule has 2 aromatic rings. The summed E-state index contributed by atoms with van der Waals surface area (Å²) in [5.74, 6) is 0.151. The molecular formula is C21H28ClN3O3. The van der Waals surface area contributed by atoms with E-state index in [1.165, 1.54) is 7.11 Å². The van der Waals surface area contributed by atoms with E-state index in [9.17, 15) is 9.59 Å². The molecule has 0 heterocycles. The molecule has 2 rings (SSSR count). The SMILES string of the molecule is COc1ccc(NC(=O)CCNC(=O)c2ccc(C(C)(C)C)cc2)cc1N.Cl. The Morgan fingerprint density at radius 2 is 1.71 bits per heavy atom. The van der Waals surface area contributed by atoms with Crippen LogP contribution in [0.25, 0.3) is 0 Å². The van der Waals surface area contributed by atoms with Gasteiger partial charge in [0.05, 0.1) is 12.8 Å². The molecule has 28 heavy (non-hydrogen) atoms. The van der Waals surface area contributed by atoms with Crippen LogP contribution < -0.4 is 21.1 Å². The summed E-state index contributed by atoms with van der Waals surface area (Å²) < 4.78 is 5.08. The summed E-state index contributed by atoms with van der Waals surface area (Å²) in [6.07, 6.45) is 0.164. The molecule has 0 aromatic heterocycles. The van der Waals surface area contributed by atoms with Gasteiger partial charge in [-0.1, -0.05) is 32.9 Å². The number of anilines is 2. The lowest BCUT2D eigenvalue weighted by Gasteiger charge is -2.19. The van der Waals surface area contributed by atoms with E-state index in [-0.39, 0.29) is 42.6 Å². The van der Waals surface area contributed by atoms with Gasteiger partial charge in [-0.25, -0.2) is 0 Å². The first-order chi connectivity index (χ1) is 12.7. The number of nitrogen functional groups attached to an aromatic ring is 1. The van der Waals surface area contributed by atoms with Gasteiger partial charge in [-0.3, -0.25) is 9.59 Å². The molecule has 0 spiro atoms. The van der Waals surface area contributed by atoms with E-state index in [1.54, 1.807) is 30.3 Å². The average molecular weight is 406 g/mol. The second-order valence-corrected chi connectivity index (χ2v) is 7.34. The lowest BCUT2D eigenvalue weighted by Crippen LogP contribution is -2.27. The van der Waals surface area contributed by atoms with Crippen molar-refractivity contribution in [2.75, 3.05) is 24.7 Å². The maximum absolute atomic E-state index is 12.2. The minimum Gasteiger partial charge on any atom is -0.495 e. The number of carbonyl (C=O) groups excluding carboxylic acids is 2. The number of hydrogen-bond acceptors (Lipinski definition) is 4. The molecule has 0 unspecified atom stereocenters. The third-order valence-corrected chi connectivity index (χ3v) is 4.16. The molecule has 0 aliphatic rings. The maximum Gasteiger partial charge on any atom is 0.251 e. The third kappa shape index (κ3) is 6.46. The standard InChI is InChI=1S/C21H27N3O3.ClH/c1-21(2,3)15-7-5-14(6-8-15)20(26)23-12-11-19(25)24-16-9-10-18(27-4)17(22)13-16;/h5-10,13H,11-12,22H2,1-4H3,(H,23,26)(H,24,25);1H. The molecule has 0 bridgehead atoms. The van der Waals surface area contributed by atoms with Gasteiger partial charge in [0, 0.05) is 24.2 Å². The average Bonchev–Trinajstić information content (AvgIpc) is 2.61. The van der Waals surface area contributed by atoms with Crippen molar-refractivity contribution in [1.82, 2.24) is 5.32 Å². The second-order valence-electron chi connectivity index (χ2n) is 7.34. The molecule has 2 aromatic carbocycles. The molecule has 6 nitrogen and oxygen atoms in total. The zero-order valence-corrected chi connectivity index (χ0v) is 17.5. The van der Waals surface area contributed by atoms with E-state index in [4.69, 9.17) is 10.5 Å². The fraction of sp³-hybridized carbons (Fsp3) is 0.333. The third-order valence-electron chi connectivity index (χ3n) is 4.16. The summed E-state index contributed by atoms with van der Waals surface area (Å²) in [5.41, 5.74) is 8.63. The smallest absolute Gasteiger partial charge is 0.251 e. The lowest BCUT2D eigenvalue weighted by molar-refractivity contribution is -0.116. The molecule has 7 heteroatoms. The fourth-order valence-electron chi connectivity index (χ4n) is 2.55. The molecule has 0 saturated heterocycles. The Balaban J connectivity index is 0.00000392. The van der Waals surface area contributed by atoms with Gasteiger partial charge in [0.2, 0.25) is 5.91 Å². The van der Waals surface area contributed by atoms with Crippen LogP contribution >= 0.6 is 12.4 Å². The van der Waals surface area contributed by atoms with Crippen molar-refractivity contribution < 1.29 is 14.3 Å². The minimum atomic E-state index is -0.206. The van der Waals surface area contributed by atoms with Gasteiger partial charge in [-0.15, -0.1) is 12.4 Å². The molecule has 0 saturated carbocycles. The number of halogens is 1. The van der Waals surface area contributed by atoms with Crippen molar-refractivity contribution in [2.45, 2.75) is 32.6 Å². The van der Waals surface area contributed by atoms with Gasteiger partial charge in [0.15, 0.2) is 0 Å². The van der Waals surface area contributed by atoms with Crippen LogP contribution in [0.1, 0.15) is 43.1 Å². The summed E-state index contributed by atoms with van der Waals surface area (Å²) in [6.45, 7) is 6.61. The Labute approximate surface area is 172 Å². The molecule has 152 valence electrons. The van der Waals surface area contributed by atoms with E-state index in [0.717, 1.165) is 5.56 Å². The van der Waals surface area contributed by atoms with Gasteiger partial charge in [0.25, 0.3) is 5.91 Å². The number of methoxy groups -OCH3 is 1. The first-order valence-corrected chi connectivity index (χ1v) is 8.83. The van der Waals surface area contributed by atoms with E-state index in [1.807, 2.05) is 12.1 Å². The van der Waals surface area contributed by atoms with Crippen molar-refractivity contribution in [1.29, 1.82) is 0 Å². The first kappa shape index (κ1) is 23.3. The van der Waals surface area contributed by atoms with E-state index in [0.29, 0.717) is 22.7 Å². The predicted molar refractivity (Wildman–Crippen MR) is 115 cm³/mol. The van der Waals surface area contributed by atoms with Crippen LogP contribution in [0.3, 0.4) is 0 Å². The summed E-state index contributed by atoms with van der Waals surface area (Å²) in [4.78, 5) is 24.2. The maximum atomic E-state index is 12.2. The van der Waals surface area contributed by atoms with Crippen LogP contribution in [0.5, 0.6) is 5.75 Å². The normalized spacial score (nSPS) is 10.6. The summed E-state index contributed by atoms with van der Waals surface area (Å²) in [6, 6.07) is 12.5. The minimum absolute atomic E-state index is 0. The van der Waals surface area contributed by atoms with E-state index >= 15 is 0 Å². The van der Waals surface area contributed by atoms with Gasteiger partial charge in [0.1, 0.15) is 5.75 Å². The number of ether oxygens (including phenoxy) is 1. The molecule has 0 aliphatic carbocycles. The Hall–Kier alpha value is -2.73. The van der Waals surface area contributed by atoms with Crippen molar-refractivity contribution in [3.05, 3.63) is 53.6 Å². The Bertz CT molecular complexity index is 815. The van der Waals surface area contributed by atoms with Gasteiger partial charge in [-0.05, 0) is 41.3 Å². The fourth-order valence-corrected chi connectivity index (χ4v) is 2.55. The number of carbonyl (C=O) groups is 2. The number of hydrogen-bond donors (Lipinski definition) is 3. The Kier molecular flexibility index (Phi) is 8.32. The van der Waals surface area contributed by atoms with Crippen LogP contribution in [0.4, 0.5) is 11.4 Å². The molecule has 0 radical (unpaired) electrons. The molecule has 0 atom stereocenters. The Morgan fingerprint density at radius 1 is 1.07 bits per heavy atom. The van der Waals surface area contributed by atoms with Crippen LogP contribution in [0, 0.1) is 0 Å². The van der Waals surface area contributed by atoms with Crippen molar-refractivity contribution >= 4 is 35.6 Å². The summed E-state index contributed by atoms with van der Waals surface area (Å²) >= 11 is 0. The zero-order valence-electron chi connectivity index (χ0n) is 16.7. The highest BCUT2D eigenvalue weighted by Crippen LogP contribution is 2.24. The van der Waals surface area contributed by atoms with Crippen LogP contribution in [0.2, 0.25) is 0 Å². The highest BCUT2D eigenvalue weighted by molar-refractivity contribution is 5.95. The van der Waals surface area contributed by atoms with Crippen molar-refractivity contribution in [3.8, 4) is 5.75 Å². The summed E-state index contributed by atoms with van der Waals surface area (Å²) in [5, 5.41) is 5.50. The molecule has 0 aliphatic heterocycles. The number of nitrogens with two attached hydrogens (primary N) is 1. The van der Waals surface area contributed by atoms with Crippen molar-refractivity contribution in [2.24, 2.45) is 0 Å². The molecule has 2 amide bonds. The summed E-state index contributed by atoms with van der Waals surface area (Å²) in [7, 11) is 1.53. The topological polar surface area (TPSA) is 93.5 Å². The number of nitrogens with one attached hydrogen (secondary N) is 2.